The van der Waals surface area contributed by atoms with Crippen LogP contribution in [-0.2, 0) is 6.54 Å². The highest BCUT2D eigenvalue weighted by atomic mass is 79.9. The van der Waals surface area contributed by atoms with Crippen LogP contribution in [0.15, 0.2) is 22.7 Å². The zero-order chi connectivity index (χ0) is 11.3. The van der Waals surface area contributed by atoms with Gasteiger partial charge < -0.3 is 10.2 Å². The topological polar surface area (TPSA) is 43.7 Å². The summed E-state index contributed by atoms with van der Waals surface area (Å²) in [5, 5.41) is 18.6. The summed E-state index contributed by atoms with van der Waals surface area (Å²) in [4.78, 5) is 0. The molecule has 0 amide bonds. The highest BCUT2D eigenvalue weighted by Gasteiger charge is 2.08. The molecule has 0 aliphatic heterocycles. The van der Waals surface area contributed by atoms with Gasteiger partial charge in [-0.05, 0) is 30.4 Å². The molecule has 0 spiro atoms. The largest absolute Gasteiger partial charge is 0.506 e. The lowest BCUT2D eigenvalue weighted by molar-refractivity contribution is 0.258. The monoisotopic (exact) mass is 309 g/mol. The molecule has 1 rings (SSSR count). The van der Waals surface area contributed by atoms with Crippen LogP contribution in [0, 0.1) is 0 Å². The van der Waals surface area contributed by atoms with E-state index in [1.54, 1.807) is 6.07 Å². The number of aromatic hydroxyl groups is 1. The third kappa shape index (κ3) is 3.97. The van der Waals surface area contributed by atoms with Crippen LogP contribution in [-0.4, -0.2) is 28.0 Å². The van der Waals surface area contributed by atoms with Gasteiger partial charge in [0.2, 0.25) is 0 Å². The molecule has 1 aromatic carbocycles. The molecule has 2 N–H and O–H groups in total. The number of aliphatic hydroxyl groups is 1. The molecule has 0 saturated heterocycles. The molecule has 2 atom stereocenters. The van der Waals surface area contributed by atoms with E-state index in [9.17, 15) is 5.11 Å². The van der Waals surface area contributed by atoms with Gasteiger partial charge in [-0.2, -0.15) is 0 Å². The van der Waals surface area contributed by atoms with Crippen molar-refractivity contribution in [2.24, 2.45) is 0 Å². The van der Waals surface area contributed by atoms with Gasteiger partial charge in [-0.25, -0.2) is 0 Å². The van der Waals surface area contributed by atoms with E-state index in [0.29, 0.717) is 26.0 Å². The van der Waals surface area contributed by atoms with Crippen molar-refractivity contribution in [3.8, 4) is 5.75 Å². The van der Waals surface area contributed by atoms with Crippen molar-refractivity contribution in [2.45, 2.75) is 6.54 Å². The number of benzene rings is 1. The van der Waals surface area contributed by atoms with Crippen LogP contribution in [0.5, 0.6) is 5.75 Å². The van der Waals surface area contributed by atoms with Gasteiger partial charge in [0, 0.05) is 18.7 Å². The first kappa shape index (κ1) is 13.3. The minimum atomic E-state index is 0.135. The van der Waals surface area contributed by atoms with Crippen molar-refractivity contribution in [3.05, 3.63) is 28.2 Å². The Kier molecular flexibility index (Phi) is 6.03. The maximum atomic E-state index is 9.77. The van der Waals surface area contributed by atoms with Crippen molar-refractivity contribution < 1.29 is 10.2 Å². The molecule has 0 aromatic heterocycles. The Hall–Kier alpha value is 0.280. The Bertz CT molecular complexity index is 325. The number of hydrogen-bond acceptors (Lipinski definition) is 3. The van der Waals surface area contributed by atoms with E-state index in [4.69, 9.17) is 5.11 Å². The highest BCUT2D eigenvalue weighted by Crippen LogP contribution is 2.33. The fourth-order valence-electron chi connectivity index (χ4n) is 1.20. The Morgan fingerprint density at radius 1 is 1.47 bits per heavy atom. The summed E-state index contributed by atoms with van der Waals surface area (Å²) in [5.74, 6) is 0.281. The van der Waals surface area contributed by atoms with E-state index in [1.807, 2.05) is 12.1 Å². The van der Waals surface area contributed by atoms with Crippen LogP contribution >= 0.6 is 33.3 Å². The summed E-state index contributed by atoms with van der Waals surface area (Å²) in [5.41, 5.74) is 0.868. The number of para-hydroxylation sites is 1. The summed E-state index contributed by atoms with van der Waals surface area (Å²) in [6, 6.07) is 5.58. The van der Waals surface area contributed by atoms with Crippen molar-refractivity contribution in [1.29, 1.82) is 0 Å². The predicted octanol–water partition coefficient (Wildman–Crippen LogP) is 2.33. The number of hydrogen-bond donors (Lipinski definition) is 2. The fraction of sp³-hybridized carbons (Fsp3) is 0.333. The van der Waals surface area contributed by atoms with E-state index in [2.05, 4.69) is 29.5 Å². The quantitative estimate of drug-likeness (QED) is 0.821. The first-order valence-electron chi connectivity index (χ1n) is 4.47. The Morgan fingerprint density at radius 2 is 2.20 bits per heavy atom. The molecule has 3 nitrogen and oxygen atoms in total. The number of phenols is 1. The maximum Gasteiger partial charge on any atom is 0.134 e. The Balaban J connectivity index is 2.74. The normalized spacial score (nSPS) is 11.7. The van der Waals surface area contributed by atoms with Gasteiger partial charge in [-0.3, -0.25) is 4.67 Å². The van der Waals surface area contributed by atoms with Gasteiger partial charge >= 0.3 is 0 Å². The Morgan fingerprint density at radius 3 is 2.80 bits per heavy atom. The van der Waals surface area contributed by atoms with Crippen LogP contribution in [0.25, 0.3) is 0 Å². The second-order valence-corrected chi connectivity index (χ2v) is 5.54. The molecule has 84 valence electrons. The number of phenolic OH excluding ortho intramolecular Hbond substituents is 1. The lowest BCUT2D eigenvalue weighted by atomic mass is 10.2. The number of halogens is 1. The van der Waals surface area contributed by atoms with Gasteiger partial charge in [0.25, 0.3) is 0 Å². The van der Waals surface area contributed by atoms with Crippen molar-refractivity contribution in [3.63, 3.8) is 0 Å². The third-order valence-corrected chi connectivity index (χ3v) is 4.47. The van der Waals surface area contributed by atoms with Crippen molar-refractivity contribution >= 4 is 33.3 Å². The number of nitrogens with zero attached hydrogens (tertiary/aromatic N) is 1. The molecule has 2 unspecified atom stereocenters. The lowest BCUT2D eigenvalue weighted by Crippen LogP contribution is -2.16. The summed E-state index contributed by atoms with van der Waals surface area (Å²) < 4.78 is 2.77. The zero-order valence-corrected chi connectivity index (χ0v) is 11.9. The first-order chi connectivity index (χ1) is 7.19. The molecule has 15 heavy (non-hydrogen) atoms. The minimum Gasteiger partial charge on any atom is -0.506 e. The van der Waals surface area contributed by atoms with Gasteiger partial charge in [-0.15, -0.1) is 0 Å². The van der Waals surface area contributed by atoms with Gasteiger partial charge in [0.15, 0.2) is 0 Å². The number of rotatable bonds is 5. The molecular formula is C9H14BrNO2P2. The summed E-state index contributed by atoms with van der Waals surface area (Å²) >= 11 is 3.28. The molecule has 0 aliphatic carbocycles. The second kappa shape index (κ2) is 6.78. The minimum absolute atomic E-state index is 0.135. The predicted molar refractivity (Wildman–Crippen MR) is 71.3 cm³/mol. The van der Waals surface area contributed by atoms with E-state index in [1.165, 1.54) is 0 Å². The van der Waals surface area contributed by atoms with E-state index in [0.717, 1.165) is 5.56 Å². The zero-order valence-electron chi connectivity index (χ0n) is 8.15. The van der Waals surface area contributed by atoms with Gasteiger partial charge in [0.05, 0.1) is 11.1 Å². The molecule has 6 heteroatoms. The van der Waals surface area contributed by atoms with Crippen LogP contribution in [0.4, 0.5) is 0 Å². The molecule has 0 bridgehead atoms. The molecule has 1 aromatic rings. The average molecular weight is 310 g/mol. The highest BCUT2D eigenvalue weighted by molar-refractivity contribution is 9.10. The Labute approximate surface area is 102 Å². The summed E-state index contributed by atoms with van der Waals surface area (Å²) in [6.07, 6.45) is 0. The van der Waals surface area contributed by atoms with Crippen molar-refractivity contribution in [2.75, 3.05) is 13.2 Å². The fourth-order valence-corrected chi connectivity index (χ4v) is 2.76. The smallest absolute Gasteiger partial charge is 0.134 e. The molecule has 0 aliphatic rings. The number of aliphatic hydroxyl groups excluding tert-OH is 1. The SMILES string of the molecule is OCCN(Cc1cccc(Br)c1O)PP. The molecule has 0 saturated carbocycles. The molecule has 0 heterocycles. The summed E-state index contributed by atoms with van der Waals surface area (Å²) in [7, 11) is 3.18. The van der Waals surface area contributed by atoms with E-state index >= 15 is 0 Å². The van der Waals surface area contributed by atoms with E-state index in [-0.39, 0.29) is 12.4 Å². The van der Waals surface area contributed by atoms with Crippen LogP contribution in [0.3, 0.4) is 0 Å². The molecule has 0 radical (unpaired) electrons. The van der Waals surface area contributed by atoms with Crippen molar-refractivity contribution in [1.82, 2.24) is 4.67 Å². The van der Waals surface area contributed by atoms with Gasteiger partial charge in [-0.1, -0.05) is 21.1 Å². The third-order valence-electron chi connectivity index (χ3n) is 1.98. The second-order valence-electron chi connectivity index (χ2n) is 3.02. The standard InChI is InChI=1S/C9H14BrNO2P2/c10-8-3-1-2-7(9(8)13)6-11(15-14)4-5-12/h1-3,12-13,15H,4-6,14H2. The van der Waals surface area contributed by atoms with Crippen LogP contribution in [0.1, 0.15) is 5.56 Å². The average Bonchev–Trinajstić information content (AvgIpc) is 2.24. The van der Waals surface area contributed by atoms with Crippen LogP contribution in [0.2, 0.25) is 0 Å². The molecular weight excluding hydrogens is 296 g/mol. The molecule has 0 fully saturated rings. The maximum absolute atomic E-state index is 9.77. The lowest BCUT2D eigenvalue weighted by Gasteiger charge is -2.19. The summed E-state index contributed by atoms with van der Waals surface area (Å²) in [6.45, 7) is 1.40. The van der Waals surface area contributed by atoms with Crippen LogP contribution < -0.4 is 0 Å². The van der Waals surface area contributed by atoms with Gasteiger partial charge in [0.1, 0.15) is 5.75 Å². The first-order valence-corrected chi connectivity index (χ1v) is 8.02. The van der Waals surface area contributed by atoms with E-state index < -0.39 is 0 Å².